The molecule has 2 heterocycles. The van der Waals surface area contributed by atoms with Gasteiger partial charge in [-0.3, -0.25) is 9.59 Å². The number of halogens is 2. The number of benzene rings is 2. The number of thiazole rings is 1. The van der Waals surface area contributed by atoms with Gasteiger partial charge in [-0.25, -0.2) is 0 Å². The fourth-order valence-electron chi connectivity index (χ4n) is 2.83. The maximum absolute atomic E-state index is 12.6. The summed E-state index contributed by atoms with van der Waals surface area (Å²) < 4.78 is 2.27. The minimum absolute atomic E-state index is 0.215. The maximum Gasteiger partial charge on any atom is 0.279 e. The van der Waals surface area contributed by atoms with Crippen molar-refractivity contribution in [3.05, 3.63) is 78.7 Å². The third-order valence-electron chi connectivity index (χ3n) is 4.43. The van der Waals surface area contributed by atoms with Crippen molar-refractivity contribution in [2.75, 3.05) is 0 Å². The molecule has 1 aromatic heterocycles. The van der Waals surface area contributed by atoms with Crippen LogP contribution in [-0.4, -0.2) is 20.7 Å². The summed E-state index contributed by atoms with van der Waals surface area (Å²) in [6.45, 7) is 0. The van der Waals surface area contributed by atoms with Crippen LogP contribution >= 0.6 is 58.5 Å². The summed E-state index contributed by atoms with van der Waals surface area (Å²) in [5.74, 6) is -0.570. The van der Waals surface area contributed by atoms with Gasteiger partial charge in [0.05, 0.1) is 20.6 Å². The molecule has 0 bridgehead atoms. The highest BCUT2D eigenvalue weighted by molar-refractivity contribution is 8.26. The van der Waals surface area contributed by atoms with Crippen LogP contribution in [0, 0.1) is 0 Å². The van der Waals surface area contributed by atoms with E-state index in [1.807, 2.05) is 23.1 Å². The zero-order valence-corrected chi connectivity index (χ0v) is 19.8. The molecule has 4 rings (SSSR count). The summed E-state index contributed by atoms with van der Waals surface area (Å²) in [4.78, 5) is 29.8. The molecule has 0 spiro atoms. The van der Waals surface area contributed by atoms with Crippen molar-refractivity contribution >= 4 is 80.7 Å². The van der Waals surface area contributed by atoms with E-state index in [0.29, 0.717) is 29.6 Å². The Morgan fingerprint density at radius 1 is 1.16 bits per heavy atom. The van der Waals surface area contributed by atoms with E-state index >= 15 is 0 Å². The number of rotatable bonds is 3. The molecule has 5 nitrogen and oxygen atoms in total. The topological polar surface area (TPSA) is 63.5 Å². The van der Waals surface area contributed by atoms with Crippen LogP contribution in [0.3, 0.4) is 0 Å². The van der Waals surface area contributed by atoms with Gasteiger partial charge in [0.1, 0.15) is 4.32 Å². The normalized spacial score (nSPS) is 15.6. The van der Waals surface area contributed by atoms with E-state index in [2.05, 4.69) is 10.3 Å². The molecule has 0 radical (unpaired) electrons. The lowest BCUT2D eigenvalue weighted by molar-refractivity contribution is -0.115. The van der Waals surface area contributed by atoms with Gasteiger partial charge in [-0.1, -0.05) is 65.4 Å². The largest absolute Gasteiger partial charge is 0.319 e. The van der Waals surface area contributed by atoms with E-state index in [4.69, 9.17) is 35.4 Å². The van der Waals surface area contributed by atoms with Crippen LogP contribution in [0.1, 0.15) is 15.9 Å². The number of carbonyl (C=O) groups is 2. The highest BCUT2D eigenvalue weighted by atomic mass is 35.5. The second-order valence-electron chi connectivity index (χ2n) is 6.48. The molecule has 1 aliphatic heterocycles. The lowest BCUT2D eigenvalue weighted by Gasteiger charge is -2.04. The molecule has 10 heteroatoms. The van der Waals surface area contributed by atoms with Crippen LogP contribution in [0.15, 0.2) is 57.7 Å². The number of thioether (sulfide) groups is 1. The van der Waals surface area contributed by atoms with Gasteiger partial charge in [0.2, 0.25) is 0 Å². The molecular weight excluding hydrogens is 493 g/mol. The maximum atomic E-state index is 12.6. The predicted octanol–water partition coefficient (Wildman–Crippen LogP) is 5.29. The van der Waals surface area contributed by atoms with Gasteiger partial charge in [-0.2, -0.15) is 4.99 Å². The number of carbonyl (C=O) groups excluding carboxylic acids is 2. The van der Waals surface area contributed by atoms with E-state index in [-0.39, 0.29) is 11.8 Å². The molecule has 2 amide bonds. The summed E-state index contributed by atoms with van der Waals surface area (Å²) in [7, 11) is 1.84. The average Bonchev–Trinajstić information content (AvgIpc) is 3.25. The Hall–Kier alpha value is -2.23. The van der Waals surface area contributed by atoms with Crippen molar-refractivity contribution in [3.8, 4) is 11.3 Å². The fourth-order valence-corrected chi connectivity index (χ4v) is 5.08. The molecule has 156 valence electrons. The minimum Gasteiger partial charge on any atom is -0.319 e. The van der Waals surface area contributed by atoms with Crippen molar-refractivity contribution in [2.24, 2.45) is 12.0 Å². The Kier molecular flexibility index (Phi) is 6.45. The van der Waals surface area contributed by atoms with E-state index < -0.39 is 0 Å². The molecule has 0 saturated carbocycles. The van der Waals surface area contributed by atoms with Crippen LogP contribution in [-0.2, 0) is 11.8 Å². The number of amides is 2. The quantitative estimate of drug-likeness (QED) is 0.387. The van der Waals surface area contributed by atoms with Crippen molar-refractivity contribution in [1.82, 2.24) is 9.88 Å². The fraction of sp³-hybridized carbons (Fsp3) is 0.0476. The molecule has 0 atom stereocenters. The molecule has 1 fully saturated rings. The number of nitrogens with zero attached hydrogens (tertiary/aromatic N) is 2. The van der Waals surface area contributed by atoms with Crippen molar-refractivity contribution < 1.29 is 9.59 Å². The Morgan fingerprint density at radius 2 is 1.90 bits per heavy atom. The number of hydrogen-bond donors (Lipinski definition) is 1. The van der Waals surface area contributed by atoms with Crippen LogP contribution in [0.25, 0.3) is 17.3 Å². The Bertz CT molecular complexity index is 1320. The van der Waals surface area contributed by atoms with Crippen LogP contribution in [0.4, 0.5) is 0 Å². The summed E-state index contributed by atoms with van der Waals surface area (Å²) in [6, 6.07) is 12.3. The van der Waals surface area contributed by atoms with Crippen LogP contribution < -0.4 is 10.1 Å². The first-order valence-electron chi connectivity index (χ1n) is 8.86. The first kappa shape index (κ1) is 22.0. The van der Waals surface area contributed by atoms with Gasteiger partial charge in [0.15, 0.2) is 4.80 Å². The lowest BCUT2D eigenvalue weighted by atomic mass is 10.1. The first-order valence-corrected chi connectivity index (χ1v) is 11.7. The third-order valence-corrected chi connectivity index (χ3v) is 7.25. The highest BCUT2D eigenvalue weighted by Gasteiger charge is 2.21. The second kappa shape index (κ2) is 9.10. The molecule has 31 heavy (non-hydrogen) atoms. The smallest absolute Gasteiger partial charge is 0.279 e. The van der Waals surface area contributed by atoms with Gasteiger partial charge in [0, 0.05) is 23.6 Å². The SMILES string of the molecule is Cn1c(-c2ccc(Cl)c(Cl)c2)csc1=NC(=O)c1ccc(C=C2SC(=S)NC2=O)cc1. The number of thiocarbonyl (C=S) groups is 1. The lowest BCUT2D eigenvalue weighted by Crippen LogP contribution is -2.17. The molecule has 2 aromatic carbocycles. The zero-order chi connectivity index (χ0) is 22.1. The van der Waals surface area contributed by atoms with Gasteiger partial charge >= 0.3 is 0 Å². The van der Waals surface area contributed by atoms with Crippen molar-refractivity contribution in [3.63, 3.8) is 0 Å². The van der Waals surface area contributed by atoms with Gasteiger partial charge < -0.3 is 9.88 Å². The van der Waals surface area contributed by atoms with Crippen LogP contribution in [0.5, 0.6) is 0 Å². The molecule has 0 unspecified atom stereocenters. The zero-order valence-electron chi connectivity index (χ0n) is 15.9. The monoisotopic (exact) mass is 505 g/mol. The Labute approximate surface area is 201 Å². The molecule has 0 aliphatic carbocycles. The predicted molar refractivity (Wildman–Crippen MR) is 131 cm³/mol. The van der Waals surface area contributed by atoms with E-state index in [0.717, 1.165) is 16.8 Å². The number of hydrogen-bond acceptors (Lipinski definition) is 5. The molecule has 1 saturated heterocycles. The molecule has 1 aliphatic rings. The summed E-state index contributed by atoms with van der Waals surface area (Å²) in [6.07, 6.45) is 1.73. The summed E-state index contributed by atoms with van der Waals surface area (Å²) >= 11 is 19.7. The van der Waals surface area contributed by atoms with Crippen molar-refractivity contribution in [1.29, 1.82) is 0 Å². The second-order valence-corrected chi connectivity index (χ2v) is 9.85. The summed E-state index contributed by atoms with van der Waals surface area (Å²) in [5.41, 5.74) is 3.00. The standard InChI is InChI=1S/C21H13Cl2N3O2S3/c1-26-16(13-6-7-14(22)15(23)9-13)10-30-20(26)24-18(27)12-4-2-11(3-5-12)8-17-19(28)25-21(29)31-17/h2-10H,1H3,(H,25,28,29). The number of aromatic nitrogens is 1. The van der Waals surface area contributed by atoms with E-state index in [1.165, 1.54) is 23.1 Å². The molecular formula is C21H13Cl2N3O2S3. The van der Waals surface area contributed by atoms with Gasteiger partial charge in [-0.05, 0) is 35.9 Å². The third kappa shape index (κ3) is 4.83. The number of nitrogens with one attached hydrogen (secondary N) is 1. The first-order chi connectivity index (χ1) is 14.8. The van der Waals surface area contributed by atoms with Gasteiger partial charge in [0.25, 0.3) is 11.8 Å². The Balaban J connectivity index is 1.57. The van der Waals surface area contributed by atoms with Crippen molar-refractivity contribution in [2.45, 2.75) is 0 Å². The average molecular weight is 506 g/mol. The minimum atomic E-state index is -0.355. The van der Waals surface area contributed by atoms with Crippen LogP contribution in [0.2, 0.25) is 10.0 Å². The highest BCUT2D eigenvalue weighted by Crippen LogP contribution is 2.28. The van der Waals surface area contributed by atoms with Gasteiger partial charge in [-0.15, -0.1) is 11.3 Å². The van der Waals surface area contributed by atoms with E-state index in [9.17, 15) is 9.59 Å². The summed E-state index contributed by atoms with van der Waals surface area (Å²) in [5, 5.41) is 5.43. The molecule has 3 aromatic rings. The molecule has 1 N–H and O–H groups in total. The van der Waals surface area contributed by atoms with E-state index in [1.54, 1.807) is 42.5 Å². The Morgan fingerprint density at radius 3 is 2.55 bits per heavy atom.